The Kier molecular flexibility index (Phi) is 10.2. The van der Waals surface area contributed by atoms with E-state index in [2.05, 4.69) is 27.7 Å². The molecular formula is C17H34O2. The standard InChI is InChI=1S/C17H34O2/c1-6-10-15(9-4)13(5)17(19)16(18)12-11-14(7-2)8-3/h13-16,18H,6-12H2,1-5H3/t13?,15?,16-/m0/s1. The van der Waals surface area contributed by atoms with Gasteiger partial charge in [0, 0.05) is 5.92 Å². The highest BCUT2D eigenvalue weighted by Crippen LogP contribution is 2.25. The van der Waals surface area contributed by atoms with Gasteiger partial charge in [0.2, 0.25) is 0 Å². The van der Waals surface area contributed by atoms with Crippen molar-refractivity contribution in [2.24, 2.45) is 17.8 Å². The van der Waals surface area contributed by atoms with E-state index < -0.39 is 6.10 Å². The summed E-state index contributed by atoms with van der Waals surface area (Å²) >= 11 is 0. The fourth-order valence-corrected chi connectivity index (χ4v) is 2.95. The number of hydrogen-bond donors (Lipinski definition) is 1. The normalized spacial score (nSPS) is 16.4. The van der Waals surface area contributed by atoms with Crippen molar-refractivity contribution >= 4 is 5.78 Å². The average molecular weight is 270 g/mol. The highest BCUT2D eigenvalue weighted by Gasteiger charge is 2.27. The molecule has 0 saturated heterocycles. The van der Waals surface area contributed by atoms with E-state index in [1.807, 2.05) is 6.92 Å². The fourth-order valence-electron chi connectivity index (χ4n) is 2.95. The van der Waals surface area contributed by atoms with Crippen LogP contribution in [0.1, 0.15) is 79.6 Å². The second-order valence-corrected chi connectivity index (χ2v) is 5.92. The molecule has 1 N–H and O–H groups in total. The first-order valence-electron chi connectivity index (χ1n) is 8.23. The number of hydrogen-bond acceptors (Lipinski definition) is 2. The summed E-state index contributed by atoms with van der Waals surface area (Å²) in [5.41, 5.74) is 0. The van der Waals surface area contributed by atoms with Gasteiger partial charge >= 0.3 is 0 Å². The van der Waals surface area contributed by atoms with Crippen LogP contribution in [0.4, 0.5) is 0 Å². The number of carbonyl (C=O) groups excluding carboxylic acids is 1. The van der Waals surface area contributed by atoms with Gasteiger partial charge in [-0.25, -0.2) is 0 Å². The first-order valence-corrected chi connectivity index (χ1v) is 8.23. The van der Waals surface area contributed by atoms with Crippen LogP contribution in [0, 0.1) is 17.8 Å². The van der Waals surface area contributed by atoms with Gasteiger partial charge in [0.15, 0.2) is 5.78 Å². The molecule has 0 fully saturated rings. The molecule has 0 aliphatic rings. The monoisotopic (exact) mass is 270 g/mol. The summed E-state index contributed by atoms with van der Waals surface area (Å²) in [5, 5.41) is 10.1. The summed E-state index contributed by atoms with van der Waals surface area (Å²) in [6.45, 7) is 10.6. The molecular weight excluding hydrogens is 236 g/mol. The first-order chi connectivity index (χ1) is 9.01. The minimum atomic E-state index is -0.749. The number of Topliss-reactive ketones (excluding diaryl/α,β-unsaturated/α-hetero) is 1. The van der Waals surface area contributed by atoms with E-state index in [0.717, 1.165) is 38.5 Å². The Morgan fingerprint density at radius 2 is 1.53 bits per heavy atom. The maximum absolute atomic E-state index is 12.3. The Labute approximate surface area is 120 Å². The summed E-state index contributed by atoms with van der Waals surface area (Å²) in [4.78, 5) is 12.3. The van der Waals surface area contributed by atoms with Crippen molar-refractivity contribution in [2.45, 2.75) is 85.7 Å². The largest absolute Gasteiger partial charge is 0.385 e. The zero-order valence-corrected chi connectivity index (χ0v) is 13.6. The molecule has 2 unspecified atom stereocenters. The number of rotatable bonds is 11. The van der Waals surface area contributed by atoms with Crippen molar-refractivity contribution in [1.29, 1.82) is 0 Å². The molecule has 2 heteroatoms. The van der Waals surface area contributed by atoms with Gasteiger partial charge in [-0.3, -0.25) is 4.79 Å². The summed E-state index contributed by atoms with van der Waals surface area (Å²) in [5.74, 6) is 1.14. The van der Waals surface area contributed by atoms with Gasteiger partial charge in [-0.15, -0.1) is 0 Å². The molecule has 0 radical (unpaired) electrons. The highest BCUT2D eigenvalue weighted by molar-refractivity contribution is 5.85. The predicted octanol–water partition coefficient (Wildman–Crippen LogP) is 4.60. The molecule has 114 valence electrons. The molecule has 0 bridgehead atoms. The maximum atomic E-state index is 12.3. The van der Waals surface area contributed by atoms with Crippen LogP contribution in [0.2, 0.25) is 0 Å². The minimum Gasteiger partial charge on any atom is -0.385 e. The second-order valence-electron chi connectivity index (χ2n) is 5.92. The SMILES string of the molecule is CCCC(CC)C(C)C(=O)[C@@H](O)CCC(CC)CC. The van der Waals surface area contributed by atoms with Crippen molar-refractivity contribution in [2.75, 3.05) is 0 Å². The molecule has 0 aromatic rings. The van der Waals surface area contributed by atoms with Crippen LogP contribution in [0.3, 0.4) is 0 Å². The van der Waals surface area contributed by atoms with Gasteiger partial charge in [-0.2, -0.15) is 0 Å². The topological polar surface area (TPSA) is 37.3 Å². The summed E-state index contributed by atoms with van der Waals surface area (Å²) < 4.78 is 0. The molecule has 0 heterocycles. The maximum Gasteiger partial charge on any atom is 0.164 e. The van der Waals surface area contributed by atoms with Gasteiger partial charge in [0.05, 0.1) is 0 Å². The lowest BCUT2D eigenvalue weighted by atomic mass is 9.82. The number of ketones is 1. The Hall–Kier alpha value is -0.370. The van der Waals surface area contributed by atoms with Crippen molar-refractivity contribution < 1.29 is 9.90 Å². The quantitative estimate of drug-likeness (QED) is 0.596. The first kappa shape index (κ1) is 18.6. The van der Waals surface area contributed by atoms with Gasteiger partial charge < -0.3 is 5.11 Å². The van der Waals surface area contributed by atoms with E-state index in [1.165, 1.54) is 0 Å². The van der Waals surface area contributed by atoms with E-state index in [0.29, 0.717) is 18.3 Å². The van der Waals surface area contributed by atoms with Crippen LogP contribution in [0.25, 0.3) is 0 Å². The molecule has 19 heavy (non-hydrogen) atoms. The second kappa shape index (κ2) is 10.4. The molecule has 0 aromatic carbocycles. The Morgan fingerprint density at radius 1 is 0.947 bits per heavy atom. The van der Waals surface area contributed by atoms with Crippen LogP contribution < -0.4 is 0 Å². The summed E-state index contributed by atoms with van der Waals surface area (Å²) in [6, 6.07) is 0. The Morgan fingerprint density at radius 3 is 1.95 bits per heavy atom. The molecule has 0 aliphatic carbocycles. The van der Waals surface area contributed by atoms with Crippen LogP contribution >= 0.6 is 0 Å². The number of aliphatic hydroxyl groups is 1. The van der Waals surface area contributed by atoms with Crippen molar-refractivity contribution in [3.05, 3.63) is 0 Å². The predicted molar refractivity (Wildman–Crippen MR) is 82.2 cm³/mol. The number of carbonyl (C=O) groups is 1. The summed E-state index contributed by atoms with van der Waals surface area (Å²) in [6.07, 6.45) is 6.36. The number of aliphatic hydroxyl groups excluding tert-OH is 1. The third-order valence-electron chi connectivity index (χ3n) is 4.67. The van der Waals surface area contributed by atoms with E-state index in [1.54, 1.807) is 0 Å². The lowest BCUT2D eigenvalue weighted by molar-refractivity contribution is -0.133. The van der Waals surface area contributed by atoms with Crippen molar-refractivity contribution in [3.8, 4) is 0 Å². The Bertz CT molecular complexity index is 233. The van der Waals surface area contributed by atoms with Gasteiger partial charge in [-0.1, -0.05) is 66.7 Å². The summed E-state index contributed by atoms with van der Waals surface area (Å²) in [7, 11) is 0. The van der Waals surface area contributed by atoms with Crippen LogP contribution in [-0.2, 0) is 4.79 Å². The highest BCUT2D eigenvalue weighted by atomic mass is 16.3. The third kappa shape index (κ3) is 6.56. The molecule has 2 nitrogen and oxygen atoms in total. The minimum absolute atomic E-state index is 0.00153. The smallest absolute Gasteiger partial charge is 0.164 e. The van der Waals surface area contributed by atoms with Gasteiger partial charge in [-0.05, 0) is 24.7 Å². The van der Waals surface area contributed by atoms with Gasteiger partial charge in [0.25, 0.3) is 0 Å². The molecule has 0 aromatic heterocycles. The van der Waals surface area contributed by atoms with E-state index in [-0.39, 0.29) is 11.7 Å². The van der Waals surface area contributed by atoms with E-state index >= 15 is 0 Å². The molecule has 0 spiro atoms. The fraction of sp³-hybridized carbons (Fsp3) is 0.941. The van der Waals surface area contributed by atoms with Crippen molar-refractivity contribution in [1.82, 2.24) is 0 Å². The van der Waals surface area contributed by atoms with E-state index in [9.17, 15) is 9.90 Å². The lowest BCUT2D eigenvalue weighted by Crippen LogP contribution is -2.31. The molecule has 0 rings (SSSR count). The van der Waals surface area contributed by atoms with Gasteiger partial charge in [0.1, 0.15) is 6.10 Å². The zero-order valence-electron chi connectivity index (χ0n) is 13.6. The average Bonchev–Trinajstić information content (AvgIpc) is 2.43. The molecule has 0 saturated carbocycles. The Balaban J connectivity index is 4.30. The molecule has 0 aliphatic heterocycles. The van der Waals surface area contributed by atoms with Crippen LogP contribution in [0.5, 0.6) is 0 Å². The van der Waals surface area contributed by atoms with Crippen LogP contribution in [0.15, 0.2) is 0 Å². The third-order valence-corrected chi connectivity index (χ3v) is 4.67. The van der Waals surface area contributed by atoms with E-state index in [4.69, 9.17) is 0 Å². The zero-order chi connectivity index (χ0) is 14.8. The molecule has 3 atom stereocenters. The van der Waals surface area contributed by atoms with Crippen molar-refractivity contribution in [3.63, 3.8) is 0 Å². The molecule has 0 amide bonds. The lowest BCUT2D eigenvalue weighted by Gasteiger charge is -2.24. The van der Waals surface area contributed by atoms with Crippen LogP contribution in [-0.4, -0.2) is 17.0 Å².